The number of rotatable bonds is 17. The van der Waals surface area contributed by atoms with Gasteiger partial charge < -0.3 is 20.9 Å². The lowest BCUT2D eigenvalue weighted by Crippen LogP contribution is -2.92. The number of nitrogens with two attached hydrogens (primary N) is 1. The first-order chi connectivity index (χ1) is 10.7. The summed E-state index contributed by atoms with van der Waals surface area (Å²) < 4.78 is 0. The summed E-state index contributed by atoms with van der Waals surface area (Å²) in [6.07, 6.45) is 16.0. The van der Waals surface area contributed by atoms with Gasteiger partial charge in [0.25, 0.3) is 0 Å². The van der Waals surface area contributed by atoms with E-state index in [2.05, 4.69) is 6.92 Å². The van der Waals surface area contributed by atoms with Crippen LogP contribution >= 0.6 is 0 Å². The van der Waals surface area contributed by atoms with Crippen molar-refractivity contribution in [1.29, 1.82) is 0 Å². The van der Waals surface area contributed by atoms with E-state index in [9.17, 15) is 5.21 Å². The molecule has 0 aromatic heterocycles. The predicted octanol–water partition coefficient (Wildman–Crippen LogP) is 3.25. The molecule has 0 spiro atoms. The first-order valence-corrected chi connectivity index (χ1v) is 9.42. The van der Waals surface area contributed by atoms with Crippen LogP contribution in [-0.2, 0) is 0 Å². The Hall–Kier alpha value is -0.160. The van der Waals surface area contributed by atoms with Crippen molar-refractivity contribution in [2.75, 3.05) is 13.2 Å². The number of hydrogen-bond acceptors (Lipinski definition) is 3. The van der Waals surface area contributed by atoms with Gasteiger partial charge in [-0.15, -0.1) is 0 Å². The van der Waals surface area contributed by atoms with Gasteiger partial charge in [-0.2, -0.15) is 0 Å². The van der Waals surface area contributed by atoms with E-state index in [-0.39, 0.29) is 13.2 Å². The van der Waals surface area contributed by atoms with Crippen molar-refractivity contribution in [2.45, 2.75) is 102 Å². The summed E-state index contributed by atoms with van der Waals surface area (Å²) in [6, 6.07) is 0. The number of quaternary nitrogens is 1. The van der Waals surface area contributed by atoms with Crippen molar-refractivity contribution in [3.8, 4) is 0 Å². The van der Waals surface area contributed by atoms with Gasteiger partial charge in [-0.05, 0) is 6.42 Å². The molecule has 4 heteroatoms. The van der Waals surface area contributed by atoms with E-state index < -0.39 is 5.54 Å². The van der Waals surface area contributed by atoms with Gasteiger partial charge in [0.1, 0.15) is 5.54 Å². The summed E-state index contributed by atoms with van der Waals surface area (Å²) in [4.78, 5) is 0. The minimum atomic E-state index is -0.497. The summed E-state index contributed by atoms with van der Waals surface area (Å²) in [5, 5.41) is 29.5. The highest BCUT2D eigenvalue weighted by molar-refractivity contribution is 4.77. The third kappa shape index (κ3) is 11.4. The number of hydrogen-bond donors (Lipinski definition) is 3. The zero-order chi connectivity index (χ0) is 16.5. The molecule has 0 heterocycles. The highest BCUT2D eigenvalue weighted by Gasteiger charge is 2.29. The second-order valence-corrected chi connectivity index (χ2v) is 6.71. The zero-order valence-electron chi connectivity index (χ0n) is 14.7. The lowest BCUT2D eigenvalue weighted by atomic mass is 9.86. The average molecular weight is 318 g/mol. The van der Waals surface area contributed by atoms with Crippen LogP contribution in [0.1, 0.15) is 96.8 Å². The molecule has 0 aromatic carbocycles. The summed E-state index contributed by atoms with van der Waals surface area (Å²) >= 11 is 0. The highest BCUT2D eigenvalue weighted by Crippen LogP contribution is 2.20. The van der Waals surface area contributed by atoms with Gasteiger partial charge in [-0.3, -0.25) is 0 Å². The number of aliphatic hydroxyl groups is 2. The van der Waals surface area contributed by atoms with Gasteiger partial charge in [0.05, 0.1) is 0 Å². The largest absolute Gasteiger partial charge is 0.635 e. The van der Waals surface area contributed by atoms with Crippen LogP contribution in [0.5, 0.6) is 0 Å². The van der Waals surface area contributed by atoms with Crippen LogP contribution < -0.4 is 5.48 Å². The molecule has 0 aromatic rings. The maximum absolute atomic E-state index is 11.3. The quantitative estimate of drug-likeness (QED) is 0.284. The predicted molar refractivity (Wildman–Crippen MR) is 92.5 cm³/mol. The third-order valence-corrected chi connectivity index (χ3v) is 4.75. The second kappa shape index (κ2) is 15.7. The highest BCUT2D eigenvalue weighted by atomic mass is 16.5. The minimum absolute atomic E-state index is 0.0246. The smallest absolute Gasteiger partial charge is 0.100 e. The molecule has 134 valence electrons. The van der Waals surface area contributed by atoms with Gasteiger partial charge >= 0.3 is 0 Å². The molecule has 0 unspecified atom stereocenters. The van der Waals surface area contributed by atoms with E-state index >= 15 is 0 Å². The fourth-order valence-electron chi connectivity index (χ4n) is 3.14. The second-order valence-electron chi connectivity index (χ2n) is 6.71. The Morgan fingerprint density at radius 3 is 1.45 bits per heavy atom. The van der Waals surface area contributed by atoms with Crippen molar-refractivity contribution in [2.24, 2.45) is 0 Å². The van der Waals surface area contributed by atoms with E-state index in [4.69, 9.17) is 10.2 Å². The lowest BCUT2D eigenvalue weighted by Gasteiger charge is -2.32. The zero-order valence-corrected chi connectivity index (χ0v) is 14.7. The van der Waals surface area contributed by atoms with Crippen LogP contribution in [-0.4, -0.2) is 29.0 Å². The van der Waals surface area contributed by atoms with Gasteiger partial charge in [0, 0.05) is 32.5 Å². The monoisotopic (exact) mass is 317 g/mol. The Morgan fingerprint density at radius 1 is 0.682 bits per heavy atom. The molecule has 0 bridgehead atoms. The van der Waals surface area contributed by atoms with Crippen LogP contribution in [0.2, 0.25) is 0 Å². The number of aliphatic hydroxyl groups excluding tert-OH is 2. The molecular weight excluding hydrogens is 278 g/mol. The molecule has 0 saturated carbocycles. The van der Waals surface area contributed by atoms with Gasteiger partial charge in [0.2, 0.25) is 0 Å². The van der Waals surface area contributed by atoms with Crippen LogP contribution in [0.15, 0.2) is 0 Å². The van der Waals surface area contributed by atoms with Crippen LogP contribution in [0.4, 0.5) is 0 Å². The normalized spacial score (nSPS) is 12.0. The minimum Gasteiger partial charge on any atom is -0.635 e. The molecule has 0 amide bonds. The standard InChI is InChI=1S/C18H39NO3/c1-2-3-4-5-6-7-8-9-10-11-12-13-18(19-22,14-16-20)15-17-21/h20-21H,2-17,19H2,1H3. The SMILES string of the molecule is CCCCCCCCCCCCCC(CCO)(CCO)[NH2+][O-]. The maximum atomic E-state index is 11.3. The summed E-state index contributed by atoms with van der Waals surface area (Å²) in [6.45, 7) is 2.30. The average Bonchev–Trinajstić information content (AvgIpc) is 2.53. The van der Waals surface area contributed by atoms with E-state index in [1.54, 1.807) is 0 Å². The molecule has 4 N–H and O–H groups in total. The summed E-state index contributed by atoms with van der Waals surface area (Å²) in [7, 11) is 0. The van der Waals surface area contributed by atoms with Crippen LogP contribution in [0.25, 0.3) is 0 Å². The van der Waals surface area contributed by atoms with E-state index in [0.717, 1.165) is 24.7 Å². The molecule has 0 saturated heterocycles. The van der Waals surface area contributed by atoms with Gasteiger partial charge in [0.15, 0.2) is 0 Å². The summed E-state index contributed by atoms with van der Waals surface area (Å²) in [5.41, 5.74) is 0.457. The van der Waals surface area contributed by atoms with Crippen molar-refractivity contribution < 1.29 is 15.7 Å². The fraction of sp³-hybridized carbons (Fsp3) is 1.00. The van der Waals surface area contributed by atoms with Gasteiger partial charge in [-0.25, -0.2) is 0 Å². The number of unbranched alkanes of at least 4 members (excludes halogenated alkanes) is 10. The first kappa shape index (κ1) is 21.8. The molecular formula is C18H39NO3. The Morgan fingerprint density at radius 2 is 1.09 bits per heavy atom. The van der Waals surface area contributed by atoms with E-state index in [0.29, 0.717) is 12.8 Å². The molecule has 0 aliphatic heterocycles. The molecule has 0 radical (unpaired) electrons. The third-order valence-electron chi connectivity index (χ3n) is 4.75. The maximum Gasteiger partial charge on any atom is 0.100 e. The molecule has 0 atom stereocenters. The van der Waals surface area contributed by atoms with E-state index in [1.807, 2.05) is 0 Å². The first-order valence-electron chi connectivity index (χ1n) is 9.42. The van der Waals surface area contributed by atoms with Gasteiger partial charge in [-0.1, -0.05) is 71.1 Å². The topological polar surface area (TPSA) is 80.1 Å². The molecule has 4 nitrogen and oxygen atoms in total. The summed E-state index contributed by atoms with van der Waals surface area (Å²) in [5.74, 6) is 0. The Bertz CT molecular complexity index is 218. The van der Waals surface area contributed by atoms with Crippen LogP contribution in [0, 0.1) is 5.21 Å². The Kier molecular flexibility index (Phi) is 15.6. The number of hydroxylamine groups is 1. The van der Waals surface area contributed by atoms with Crippen molar-refractivity contribution in [3.05, 3.63) is 5.21 Å². The fourth-order valence-corrected chi connectivity index (χ4v) is 3.14. The van der Waals surface area contributed by atoms with Crippen molar-refractivity contribution >= 4 is 0 Å². The molecule has 0 aliphatic rings. The molecule has 0 aliphatic carbocycles. The molecule has 22 heavy (non-hydrogen) atoms. The molecule has 0 fully saturated rings. The molecule has 0 rings (SSSR count). The Labute approximate surface area is 137 Å². The lowest BCUT2D eigenvalue weighted by molar-refractivity contribution is -0.674. The van der Waals surface area contributed by atoms with E-state index in [1.165, 1.54) is 57.8 Å². The van der Waals surface area contributed by atoms with Crippen molar-refractivity contribution in [3.63, 3.8) is 0 Å². The Balaban J connectivity index is 3.53. The van der Waals surface area contributed by atoms with Crippen molar-refractivity contribution in [1.82, 2.24) is 0 Å². The van der Waals surface area contributed by atoms with Crippen LogP contribution in [0.3, 0.4) is 0 Å².